The van der Waals surface area contributed by atoms with Gasteiger partial charge < -0.3 is 5.73 Å². The first-order chi connectivity index (χ1) is 8.68. The van der Waals surface area contributed by atoms with E-state index in [1.807, 2.05) is 0 Å². The molecule has 1 aromatic carbocycles. The van der Waals surface area contributed by atoms with Crippen molar-refractivity contribution in [2.24, 2.45) is 11.7 Å². The van der Waals surface area contributed by atoms with Crippen molar-refractivity contribution in [3.63, 3.8) is 0 Å². The molecule has 0 aliphatic heterocycles. The Morgan fingerprint density at radius 1 is 1.00 bits per heavy atom. The molecule has 0 aromatic heterocycles. The Bertz CT molecular complexity index is 427. The lowest BCUT2D eigenvalue weighted by Crippen LogP contribution is -2.40. The highest BCUT2D eigenvalue weighted by atomic mass is 14.7. The van der Waals surface area contributed by atoms with Crippen molar-refractivity contribution < 1.29 is 0 Å². The molecule has 1 heteroatoms. The van der Waals surface area contributed by atoms with Crippen LogP contribution >= 0.6 is 0 Å². The van der Waals surface area contributed by atoms with Crippen LogP contribution in [0, 0.1) is 5.92 Å². The minimum Gasteiger partial charge on any atom is -0.321 e. The minimum atomic E-state index is -0.122. The first-order valence-electron chi connectivity index (χ1n) is 7.59. The largest absolute Gasteiger partial charge is 0.321 e. The Morgan fingerprint density at radius 3 is 2.39 bits per heavy atom. The Kier molecular flexibility index (Phi) is 3.19. The first kappa shape index (κ1) is 12.2. The van der Waals surface area contributed by atoms with Crippen LogP contribution in [0.15, 0.2) is 18.2 Å². The summed E-state index contributed by atoms with van der Waals surface area (Å²) in [5.41, 5.74) is 11.1. The molecule has 0 spiro atoms. The Hall–Kier alpha value is -0.820. The van der Waals surface area contributed by atoms with Gasteiger partial charge in [-0.25, -0.2) is 0 Å². The lowest BCUT2D eigenvalue weighted by Gasteiger charge is -2.33. The molecule has 3 rings (SSSR count). The highest BCUT2D eigenvalue weighted by Gasteiger charge is 2.34. The number of aryl methyl sites for hydroxylation is 2. The topological polar surface area (TPSA) is 26.0 Å². The van der Waals surface area contributed by atoms with Gasteiger partial charge in [0.25, 0.3) is 0 Å². The van der Waals surface area contributed by atoms with Crippen molar-refractivity contribution in [3.8, 4) is 0 Å². The summed E-state index contributed by atoms with van der Waals surface area (Å²) in [5.74, 6) is 0.680. The normalized spacial score (nSPS) is 23.7. The number of nitrogens with two attached hydrogens (primary N) is 1. The van der Waals surface area contributed by atoms with Gasteiger partial charge in [0.15, 0.2) is 0 Å². The van der Waals surface area contributed by atoms with Gasteiger partial charge in [-0.05, 0) is 68.1 Å². The molecule has 1 saturated carbocycles. The van der Waals surface area contributed by atoms with E-state index in [1.54, 1.807) is 11.1 Å². The van der Waals surface area contributed by atoms with Crippen LogP contribution in [0.4, 0.5) is 0 Å². The average molecular weight is 243 g/mol. The van der Waals surface area contributed by atoms with Crippen molar-refractivity contribution in [3.05, 3.63) is 34.9 Å². The summed E-state index contributed by atoms with van der Waals surface area (Å²) in [4.78, 5) is 0. The molecule has 18 heavy (non-hydrogen) atoms. The summed E-state index contributed by atoms with van der Waals surface area (Å²) >= 11 is 0. The smallest absolute Gasteiger partial charge is 0.0409 e. The number of benzene rings is 1. The summed E-state index contributed by atoms with van der Waals surface area (Å²) in [7, 11) is 0. The van der Waals surface area contributed by atoms with Gasteiger partial charge in [0.1, 0.15) is 0 Å². The Labute approximate surface area is 111 Å². The van der Waals surface area contributed by atoms with E-state index in [0.29, 0.717) is 5.92 Å². The second-order valence-corrected chi connectivity index (χ2v) is 6.45. The van der Waals surface area contributed by atoms with Gasteiger partial charge in [-0.1, -0.05) is 31.0 Å². The predicted molar refractivity (Wildman–Crippen MR) is 76.6 cm³/mol. The number of hydrogen-bond acceptors (Lipinski definition) is 1. The number of rotatable bonds is 2. The quantitative estimate of drug-likeness (QED) is 0.837. The van der Waals surface area contributed by atoms with Gasteiger partial charge in [0.05, 0.1) is 0 Å². The predicted octanol–water partition coefficient (Wildman–Crippen LogP) is 3.93. The zero-order valence-corrected chi connectivity index (χ0v) is 11.5. The molecule has 1 atom stereocenters. The standard InChI is InChI=1S/C17H25N/c1-17(18,15-8-4-5-9-15)16-11-10-13-6-2-3-7-14(13)12-16/h10-12,15H,2-9,18H2,1H3. The zero-order chi connectivity index (χ0) is 12.6. The van der Waals surface area contributed by atoms with Crippen LogP contribution in [0.25, 0.3) is 0 Å². The molecular formula is C17H25N. The van der Waals surface area contributed by atoms with Gasteiger partial charge >= 0.3 is 0 Å². The molecule has 1 unspecified atom stereocenters. The summed E-state index contributed by atoms with van der Waals surface area (Å²) in [6.45, 7) is 2.24. The minimum absolute atomic E-state index is 0.122. The van der Waals surface area contributed by atoms with Crippen LogP contribution in [0.3, 0.4) is 0 Å². The van der Waals surface area contributed by atoms with Crippen LogP contribution < -0.4 is 5.73 Å². The van der Waals surface area contributed by atoms with Gasteiger partial charge in [0, 0.05) is 5.54 Å². The molecule has 98 valence electrons. The highest BCUT2D eigenvalue weighted by molar-refractivity contribution is 5.37. The molecule has 2 aliphatic rings. The molecule has 0 saturated heterocycles. The molecule has 0 heterocycles. The molecule has 1 aromatic rings. The number of hydrogen-bond donors (Lipinski definition) is 1. The second-order valence-electron chi connectivity index (χ2n) is 6.45. The van der Waals surface area contributed by atoms with Crippen molar-refractivity contribution in [1.29, 1.82) is 0 Å². The van der Waals surface area contributed by atoms with E-state index in [-0.39, 0.29) is 5.54 Å². The first-order valence-corrected chi connectivity index (χ1v) is 7.59. The number of fused-ring (bicyclic) bond motifs is 1. The fraction of sp³-hybridized carbons (Fsp3) is 0.647. The van der Waals surface area contributed by atoms with Crippen LogP contribution in [-0.2, 0) is 18.4 Å². The van der Waals surface area contributed by atoms with Crippen molar-refractivity contribution in [2.45, 2.75) is 63.8 Å². The summed E-state index contributed by atoms with van der Waals surface area (Å²) < 4.78 is 0. The maximum absolute atomic E-state index is 6.68. The molecular weight excluding hydrogens is 218 g/mol. The third-order valence-electron chi connectivity index (χ3n) is 5.17. The fourth-order valence-corrected chi connectivity index (χ4v) is 3.83. The van der Waals surface area contributed by atoms with E-state index < -0.39 is 0 Å². The lowest BCUT2D eigenvalue weighted by molar-refractivity contribution is 0.306. The van der Waals surface area contributed by atoms with Crippen LogP contribution in [0.5, 0.6) is 0 Å². The van der Waals surface area contributed by atoms with Crippen LogP contribution in [0.1, 0.15) is 62.1 Å². The van der Waals surface area contributed by atoms with Gasteiger partial charge in [-0.3, -0.25) is 0 Å². The van der Waals surface area contributed by atoms with E-state index in [1.165, 1.54) is 56.9 Å². The third kappa shape index (κ3) is 2.09. The summed E-state index contributed by atoms with van der Waals surface area (Å²) in [6, 6.07) is 7.04. The van der Waals surface area contributed by atoms with Crippen molar-refractivity contribution in [1.82, 2.24) is 0 Å². The van der Waals surface area contributed by atoms with E-state index in [9.17, 15) is 0 Å². The molecule has 2 aliphatic carbocycles. The monoisotopic (exact) mass is 243 g/mol. The Morgan fingerprint density at radius 2 is 1.67 bits per heavy atom. The molecule has 2 N–H and O–H groups in total. The van der Waals surface area contributed by atoms with E-state index in [0.717, 1.165) is 0 Å². The fourth-order valence-electron chi connectivity index (χ4n) is 3.83. The van der Waals surface area contributed by atoms with E-state index in [2.05, 4.69) is 25.1 Å². The van der Waals surface area contributed by atoms with Gasteiger partial charge in [-0.15, -0.1) is 0 Å². The third-order valence-corrected chi connectivity index (χ3v) is 5.17. The molecule has 0 radical (unpaired) electrons. The molecule has 0 bridgehead atoms. The average Bonchev–Trinajstić information content (AvgIpc) is 2.92. The maximum atomic E-state index is 6.68. The van der Waals surface area contributed by atoms with Crippen molar-refractivity contribution in [2.75, 3.05) is 0 Å². The summed E-state index contributed by atoms with van der Waals surface area (Å²) in [5, 5.41) is 0. The zero-order valence-electron chi connectivity index (χ0n) is 11.5. The molecule has 1 nitrogen and oxygen atoms in total. The van der Waals surface area contributed by atoms with Gasteiger partial charge in [-0.2, -0.15) is 0 Å². The molecule has 1 fully saturated rings. The van der Waals surface area contributed by atoms with Crippen molar-refractivity contribution >= 4 is 0 Å². The lowest BCUT2D eigenvalue weighted by atomic mass is 9.77. The van der Waals surface area contributed by atoms with E-state index >= 15 is 0 Å². The summed E-state index contributed by atoms with van der Waals surface area (Å²) in [6.07, 6.45) is 10.6. The molecule has 0 amide bonds. The Balaban J connectivity index is 1.91. The van der Waals surface area contributed by atoms with E-state index in [4.69, 9.17) is 5.73 Å². The van der Waals surface area contributed by atoms with Crippen LogP contribution in [0.2, 0.25) is 0 Å². The second kappa shape index (κ2) is 4.70. The highest BCUT2D eigenvalue weighted by Crippen LogP contribution is 2.39. The van der Waals surface area contributed by atoms with Crippen LogP contribution in [-0.4, -0.2) is 0 Å². The van der Waals surface area contributed by atoms with Gasteiger partial charge in [0.2, 0.25) is 0 Å². The SMILES string of the molecule is CC(N)(c1ccc2c(c1)CCCC2)C1CCCC1. The maximum Gasteiger partial charge on any atom is 0.0409 e.